The average Bonchev–Trinajstić information content (AvgIpc) is 3.51. The standard InChI is InChI=1S/C38H41Cl2N5O5/c1-38(2,3)50-37(47)45-16-14-22-17-24(18-31(48-4)29(22)21-45)35-34(40)27(13-15-42-35)26-7-6-8-28(33(26)39)30-11-9-23(36(44-30)49-5)19-41-20-25-10-12-32(46)43-25/h6-9,11,13,15,17-18,25,41H,10,12,14,16,19-21H2,1-5H3,(H,43,46)/t25-/m0/s1. The van der Waals surface area contributed by atoms with Gasteiger partial charge in [-0.2, -0.15) is 0 Å². The summed E-state index contributed by atoms with van der Waals surface area (Å²) in [5.74, 6) is 1.24. The van der Waals surface area contributed by atoms with E-state index in [-0.39, 0.29) is 18.0 Å². The Morgan fingerprint density at radius 2 is 1.80 bits per heavy atom. The van der Waals surface area contributed by atoms with Gasteiger partial charge in [0.05, 0.1) is 42.2 Å². The number of aromatic nitrogens is 2. The predicted molar refractivity (Wildman–Crippen MR) is 195 cm³/mol. The third kappa shape index (κ3) is 7.67. The Bertz CT molecular complexity index is 1910. The Hall–Kier alpha value is -4.38. The topological polar surface area (TPSA) is 115 Å². The molecule has 0 aliphatic carbocycles. The molecule has 6 rings (SSSR count). The summed E-state index contributed by atoms with van der Waals surface area (Å²) in [6, 6.07) is 15.6. The van der Waals surface area contributed by atoms with Gasteiger partial charge in [0.25, 0.3) is 0 Å². The minimum atomic E-state index is -0.579. The Morgan fingerprint density at radius 3 is 2.52 bits per heavy atom. The molecule has 2 N–H and O–H groups in total. The number of carbonyl (C=O) groups excluding carboxylic acids is 2. The van der Waals surface area contributed by atoms with E-state index in [1.165, 1.54) is 0 Å². The van der Waals surface area contributed by atoms with Crippen molar-refractivity contribution in [1.29, 1.82) is 0 Å². The molecule has 2 aliphatic rings. The predicted octanol–water partition coefficient (Wildman–Crippen LogP) is 7.46. The summed E-state index contributed by atoms with van der Waals surface area (Å²) in [7, 11) is 3.21. The summed E-state index contributed by atoms with van der Waals surface area (Å²) in [6.45, 7) is 7.69. The van der Waals surface area contributed by atoms with Crippen molar-refractivity contribution < 1.29 is 23.8 Å². The van der Waals surface area contributed by atoms with Crippen LogP contribution < -0.4 is 20.1 Å². The molecule has 2 aromatic carbocycles. The smallest absolute Gasteiger partial charge is 0.410 e. The van der Waals surface area contributed by atoms with Crippen LogP contribution in [-0.4, -0.2) is 65.8 Å². The molecule has 12 heteroatoms. The highest BCUT2D eigenvalue weighted by molar-refractivity contribution is 6.39. The van der Waals surface area contributed by atoms with E-state index in [0.717, 1.165) is 45.4 Å². The van der Waals surface area contributed by atoms with Crippen LogP contribution in [0.5, 0.6) is 11.6 Å². The maximum atomic E-state index is 12.8. The molecule has 0 saturated carbocycles. The molecule has 2 aliphatic heterocycles. The number of rotatable bonds is 9. The van der Waals surface area contributed by atoms with Crippen LogP contribution in [0.4, 0.5) is 4.79 Å². The van der Waals surface area contributed by atoms with Crippen molar-refractivity contribution in [3.05, 3.63) is 81.5 Å². The molecule has 10 nitrogen and oxygen atoms in total. The highest BCUT2D eigenvalue weighted by Gasteiger charge is 2.29. The highest BCUT2D eigenvalue weighted by Crippen LogP contribution is 2.43. The van der Waals surface area contributed by atoms with E-state index in [0.29, 0.717) is 72.1 Å². The Balaban J connectivity index is 1.26. The van der Waals surface area contributed by atoms with Crippen LogP contribution in [0.3, 0.4) is 0 Å². The number of carbonyl (C=O) groups is 2. The van der Waals surface area contributed by atoms with Crippen molar-refractivity contribution in [1.82, 2.24) is 25.5 Å². The van der Waals surface area contributed by atoms with Gasteiger partial charge in [-0.05, 0) is 63.4 Å². The van der Waals surface area contributed by atoms with E-state index in [9.17, 15) is 9.59 Å². The molecule has 1 fully saturated rings. The normalized spacial score (nSPS) is 15.8. The van der Waals surface area contributed by atoms with Crippen molar-refractivity contribution in [3.63, 3.8) is 0 Å². The van der Waals surface area contributed by atoms with Crippen LogP contribution in [0.2, 0.25) is 10.0 Å². The fourth-order valence-corrected chi connectivity index (χ4v) is 7.01. The first-order valence-corrected chi connectivity index (χ1v) is 17.4. The van der Waals surface area contributed by atoms with Gasteiger partial charge in [-0.25, -0.2) is 9.78 Å². The fourth-order valence-electron chi connectivity index (χ4n) is 6.36. The van der Waals surface area contributed by atoms with E-state index in [4.69, 9.17) is 42.4 Å². The third-order valence-corrected chi connectivity index (χ3v) is 9.61. The number of amides is 2. The molecule has 1 atom stereocenters. The molecule has 2 amide bonds. The summed E-state index contributed by atoms with van der Waals surface area (Å²) < 4.78 is 17.1. The third-order valence-electron chi connectivity index (χ3n) is 8.82. The molecule has 0 unspecified atom stereocenters. The molecule has 262 valence electrons. The van der Waals surface area contributed by atoms with Crippen molar-refractivity contribution >= 4 is 35.2 Å². The summed E-state index contributed by atoms with van der Waals surface area (Å²) in [5.41, 5.74) is 6.56. The average molecular weight is 719 g/mol. The maximum Gasteiger partial charge on any atom is 0.410 e. The first-order chi connectivity index (χ1) is 24.0. The number of benzene rings is 2. The summed E-state index contributed by atoms with van der Waals surface area (Å²) in [4.78, 5) is 35.5. The molecular weight excluding hydrogens is 677 g/mol. The van der Waals surface area contributed by atoms with Gasteiger partial charge in [0, 0.05) is 71.7 Å². The second-order valence-corrected chi connectivity index (χ2v) is 14.2. The lowest BCUT2D eigenvalue weighted by atomic mass is 9.94. The second kappa shape index (κ2) is 14.8. The largest absolute Gasteiger partial charge is 0.496 e. The van der Waals surface area contributed by atoms with Crippen molar-refractivity contribution in [2.45, 2.75) is 64.8 Å². The van der Waals surface area contributed by atoms with E-state index < -0.39 is 5.60 Å². The summed E-state index contributed by atoms with van der Waals surface area (Å²) >= 11 is 14.2. The quantitative estimate of drug-likeness (QED) is 0.183. The molecule has 0 spiro atoms. The van der Waals surface area contributed by atoms with Crippen LogP contribution in [-0.2, 0) is 29.0 Å². The molecule has 50 heavy (non-hydrogen) atoms. The molecular formula is C38H41Cl2N5O5. The lowest BCUT2D eigenvalue weighted by Crippen LogP contribution is -2.40. The number of nitrogens with zero attached hydrogens (tertiary/aromatic N) is 3. The zero-order valence-corrected chi connectivity index (χ0v) is 30.4. The fraction of sp³-hybridized carbons (Fsp3) is 0.368. The van der Waals surface area contributed by atoms with Crippen LogP contribution in [0.1, 0.15) is 50.3 Å². The molecule has 4 aromatic rings. The number of methoxy groups -OCH3 is 2. The van der Waals surface area contributed by atoms with Gasteiger partial charge in [-0.1, -0.05) is 47.5 Å². The van der Waals surface area contributed by atoms with Gasteiger partial charge in [-0.15, -0.1) is 0 Å². The minimum absolute atomic E-state index is 0.0946. The van der Waals surface area contributed by atoms with Crippen LogP contribution in [0.25, 0.3) is 33.6 Å². The van der Waals surface area contributed by atoms with Crippen LogP contribution >= 0.6 is 23.2 Å². The summed E-state index contributed by atoms with van der Waals surface area (Å²) in [5, 5.41) is 7.31. The number of ether oxygens (including phenoxy) is 3. The first-order valence-electron chi connectivity index (χ1n) is 16.6. The minimum Gasteiger partial charge on any atom is -0.496 e. The number of hydrogen-bond acceptors (Lipinski definition) is 8. The number of nitrogens with one attached hydrogen (secondary N) is 2. The van der Waals surface area contributed by atoms with Gasteiger partial charge >= 0.3 is 6.09 Å². The Morgan fingerprint density at radius 1 is 1.02 bits per heavy atom. The van der Waals surface area contributed by atoms with E-state index in [1.54, 1.807) is 25.3 Å². The van der Waals surface area contributed by atoms with Crippen LogP contribution in [0.15, 0.2) is 54.7 Å². The highest BCUT2D eigenvalue weighted by atomic mass is 35.5. The zero-order valence-electron chi connectivity index (χ0n) is 28.9. The first kappa shape index (κ1) is 35.4. The number of pyridine rings is 2. The van der Waals surface area contributed by atoms with Gasteiger partial charge < -0.3 is 29.7 Å². The van der Waals surface area contributed by atoms with Gasteiger partial charge in [-0.3, -0.25) is 9.78 Å². The maximum absolute atomic E-state index is 12.8. The zero-order chi connectivity index (χ0) is 35.6. The summed E-state index contributed by atoms with van der Waals surface area (Å²) in [6.07, 6.45) is 3.40. The van der Waals surface area contributed by atoms with Crippen molar-refractivity contribution in [2.75, 3.05) is 27.3 Å². The second-order valence-electron chi connectivity index (χ2n) is 13.5. The van der Waals surface area contributed by atoms with Gasteiger partial charge in [0.2, 0.25) is 11.8 Å². The monoisotopic (exact) mass is 717 g/mol. The van der Waals surface area contributed by atoms with Crippen molar-refractivity contribution in [2.24, 2.45) is 0 Å². The molecule has 1 saturated heterocycles. The van der Waals surface area contributed by atoms with E-state index >= 15 is 0 Å². The lowest BCUT2D eigenvalue weighted by molar-refractivity contribution is -0.119. The van der Waals surface area contributed by atoms with Gasteiger partial charge in [0.15, 0.2) is 0 Å². The van der Waals surface area contributed by atoms with E-state index in [1.807, 2.05) is 63.2 Å². The number of fused-ring (bicyclic) bond motifs is 1. The van der Waals surface area contributed by atoms with Crippen molar-refractivity contribution in [3.8, 4) is 45.3 Å². The molecule has 4 heterocycles. The van der Waals surface area contributed by atoms with E-state index in [2.05, 4.69) is 21.7 Å². The Labute approximate surface area is 302 Å². The SMILES string of the molecule is COc1cc(-c2nccc(-c3cccc(-c4ccc(CNC[C@@H]5CCC(=O)N5)c(OC)n4)c3Cl)c2Cl)cc2c1CN(C(=O)OC(C)(C)C)CC2. The number of hydrogen-bond donors (Lipinski definition) is 2. The molecule has 0 radical (unpaired) electrons. The Kier molecular flexibility index (Phi) is 10.5. The number of halogens is 2. The van der Waals surface area contributed by atoms with Crippen LogP contribution in [0, 0.1) is 0 Å². The molecule has 0 bridgehead atoms. The van der Waals surface area contributed by atoms with Gasteiger partial charge in [0.1, 0.15) is 11.4 Å². The molecule has 2 aromatic heterocycles. The lowest BCUT2D eigenvalue weighted by Gasteiger charge is -2.32.